The Morgan fingerprint density at radius 3 is 1.29 bits per heavy atom. The molecule has 55 heavy (non-hydrogen) atoms. The van der Waals surface area contributed by atoms with E-state index in [0.29, 0.717) is 22.1 Å². The predicted molar refractivity (Wildman–Crippen MR) is 197 cm³/mol. The fourth-order valence-corrected chi connectivity index (χ4v) is 7.12. The van der Waals surface area contributed by atoms with Crippen LogP contribution in [0.15, 0.2) is 0 Å². The lowest BCUT2D eigenvalue weighted by Gasteiger charge is -2.33. The molecule has 0 fully saturated rings. The van der Waals surface area contributed by atoms with E-state index in [0.717, 1.165) is 25.9 Å². The number of carbonyl (C=O) groups is 4. The van der Waals surface area contributed by atoms with Crippen molar-refractivity contribution in [3.8, 4) is 0 Å². The van der Waals surface area contributed by atoms with Crippen molar-refractivity contribution in [2.45, 2.75) is 108 Å². The molecule has 0 aromatic heterocycles. The van der Waals surface area contributed by atoms with E-state index in [-0.39, 0.29) is 26.1 Å². The standard InChI is InChI=1S/C35H60Br2F6N2O10/c1-13-15-44(9,10)17-19-50-27(48)31(7,36)21-29(3,4)25(46)52-23-33(38,39)34(40,41)55-35(42,43)54-24-53-26(47)30(5,6)22-32(8,37)28(49)51-20-18-45(11,12)16-14-2/h13-24H2,1-12H3/q+2. The normalized spacial score (nSPS) is 15.8. The van der Waals surface area contributed by atoms with Gasteiger partial charge in [-0.1, -0.05) is 45.7 Å². The average molecular weight is 943 g/mol. The van der Waals surface area contributed by atoms with Crippen molar-refractivity contribution in [2.75, 3.05) is 81.0 Å². The van der Waals surface area contributed by atoms with E-state index in [1.54, 1.807) is 0 Å². The summed E-state index contributed by atoms with van der Waals surface area (Å²) in [6.07, 6.45) is -10.2. The Morgan fingerprint density at radius 1 is 0.564 bits per heavy atom. The van der Waals surface area contributed by atoms with Crippen molar-refractivity contribution in [3.63, 3.8) is 0 Å². The van der Waals surface area contributed by atoms with E-state index in [4.69, 9.17) is 9.47 Å². The molecule has 324 valence electrons. The van der Waals surface area contributed by atoms with Crippen LogP contribution >= 0.6 is 31.9 Å². The highest BCUT2D eigenvalue weighted by Crippen LogP contribution is 2.42. The molecule has 0 N–H and O–H groups in total. The zero-order valence-corrected chi connectivity index (χ0v) is 37.2. The van der Waals surface area contributed by atoms with Gasteiger partial charge in [-0.3, -0.25) is 23.9 Å². The van der Waals surface area contributed by atoms with Gasteiger partial charge in [0.1, 0.15) is 35.0 Å². The molecular formula is C35H60Br2F6N2O10+2. The fourth-order valence-electron chi connectivity index (χ4n) is 5.49. The van der Waals surface area contributed by atoms with Gasteiger partial charge in [0.2, 0.25) is 6.79 Å². The summed E-state index contributed by atoms with van der Waals surface area (Å²) >= 11 is 6.39. The minimum atomic E-state index is -5.97. The molecule has 0 amide bonds. The minimum Gasteiger partial charge on any atom is -0.459 e. The van der Waals surface area contributed by atoms with Crippen LogP contribution in [0.25, 0.3) is 0 Å². The molecule has 0 spiro atoms. The summed E-state index contributed by atoms with van der Waals surface area (Å²) in [5.41, 5.74) is -3.29. The smallest absolute Gasteiger partial charge is 0.459 e. The number of carbonyl (C=O) groups excluding carboxylic acids is 4. The van der Waals surface area contributed by atoms with Crippen LogP contribution in [0.2, 0.25) is 0 Å². The van der Waals surface area contributed by atoms with Crippen LogP contribution < -0.4 is 0 Å². The highest BCUT2D eigenvalue weighted by Gasteiger charge is 2.64. The summed E-state index contributed by atoms with van der Waals surface area (Å²) in [6, 6.07) is 0. The fraction of sp³-hybridized carbons (Fsp3) is 0.886. The van der Waals surface area contributed by atoms with E-state index in [2.05, 4.69) is 50.8 Å². The Kier molecular flexibility index (Phi) is 19.7. The Balaban J connectivity index is 5.22. The van der Waals surface area contributed by atoms with Crippen LogP contribution in [0.3, 0.4) is 0 Å². The molecule has 0 radical (unpaired) electrons. The number of esters is 4. The van der Waals surface area contributed by atoms with Gasteiger partial charge < -0.3 is 27.9 Å². The lowest BCUT2D eigenvalue weighted by Crippen LogP contribution is -2.51. The van der Waals surface area contributed by atoms with Crippen LogP contribution in [0.4, 0.5) is 26.3 Å². The number of nitrogens with zero attached hydrogens (tertiary/aromatic N) is 2. The molecule has 0 aliphatic rings. The number of likely N-dealkylation sites (N-methyl/N-ethyl adjacent to an activating group) is 2. The maximum absolute atomic E-state index is 14.5. The first-order valence-corrected chi connectivity index (χ1v) is 19.3. The second kappa shape index (κ2) is 20.3. The first-order chi connectivity index (χ1) is 24.5. The largest absolute Gasteiger partial charge is 0.493 e. The molecule has 2 unspecified atom stereocenters. The molecule has 0 aromatic rings. The first kappa shape index (κ1) is 53.3. The first-order valence-electron chi connectivity index (χ1n) is 17.7. The Bertz CT molecular complexity index is 1300. The zero-order valence-electron chi connectivity index (χ0n) is 34.0. The highest BCUT2D eigenvalue weighted by molar-refractivity contribution is 9.10. The monoisotopic (exact) mass is 940 g/mol. The summed E-state index contributed by atoms with van der Waals surface area (Å²) in [7, 11) is 7.82. The summed E-state index contributed by atoms with van der Waals surface area (Å²) in [5, 5.41) is 0. The van der Waals surface area contributed by atoms with Crippen LogP contribution in [0.5, 0.6) is 0 Å². The van der Waals surface area contributed by atoms with Crippen molar-refractivity contribution >= 4 is 55.7 Å². The van der Waals surface area contributed by atoms with Crippen molar-refractivity contribution < 1.29 is 82.9 Å². The van der Waals surface area contributed by atoms with Crippen LogP contribution in [0.1, 0.15) is 81.1 Å². The maximum Gasteiger partial charge on any atom is 0.493 e. The van der Waals surface area contributed by atoms with Gasteiger partial charge in [0.05, 0.1) is 52.1 Å². The van der Waals surface area contributed by atoms with Crippen LogP contribution in [0, 0.1) is 10.8 Å². The molecule has 0 aromatic carbocycles. The SMILES string of the molecule is CCC[N+](C)(C)CCOC(=O)C(C)(Br)CC(C)(C)C(=O)OCOC(F)(F)OC(F)(F)C(F)(F)COC(=O)C(C)(C)CC(C)(Br)C(=O)OCC[N+](C)(C)CCC. The van der Waals surface area contributed by atoms with E-state index < -0.39 is 75.1 Å². The summed E-state index contributed by atoms with van der Waals surface area (Å²) in [6.45, 7) is 10.5. The quantitative estimate of drug-likeness (QED) is 0.0223. The van der Waals surface area contributed by atoms with Crippen molar-refractivity contribution in [3.05, 3.63) is 0 Å². The second-order valence-electron chi connectivity index (χ2n) is 16.6. The van der Waals surface area contributed by atoms with Crippen LogP contribution in [-0.2, 0) is 47.6 Å². The number of hydrogen-bond acceptors (Lipinski definition) is 10. The molecule has 0 heterocycles. The summed E-state index contributed by atoms with van der Waals surface area (Å²) in [5.74, 6) is -9.66. The third-order valence-corrected chi connectivity index (χ3v) is 9.70. The second-order valence-corrected chi connectivity index (χ2v) is 20.1. The molecule has 20 heteroatoms. The Morgan fingerprint density at radius 2 is 0.927 bits per heavy atom. The lowest BCUT2D eigenvalue weighted by atomic mass is 9.83. The summed E-state index contributed by atoms with van der Waals surface area (Å²) in [4.78, 5) is 50.8. The number of halogens is 8. The molecular weight excluding hydrogens is 882 g/mol. The van der Waals surface area contributed by atoms with Crippen molar-refractivity contribution in [1.29, 1.82) is 0 Å². The van der Waals surface area contributed by atoms with E-state index in [1.165, 1.54) is 41.5 Å². The summed E-state index contributed by atoms with van der Waals surface area (Å²) < 4.78 is 111. The van der Waals surface area contributed by atoms with E-state index >= 15 is 0 Å². The zero-order chi connectivity index (χ0) is 43.5. The van der Waals surface area contributed by atoms with Crippen molar-refractivity contribution in [1.82, 2.24) is 0 Å². The minimum absolute atomic E-state index is 0.0421. The molecule has 12 nitrogen and oxygen atoms in total. The van der Waals surface area contributed by atoms with Gasteiger partial charge in [-0.25, -0.2) is 4.74 Å². The number of ether oxygens (including phenoxy) is 6. The molecule has 0 saturated carbocycles. The van der Waals surface area contributed by atoms with Gasteiger partial charge in [-0.15, -0.1) is 8.78 Å². The number of hydrogen-bond donors (Lipinski definition) is 0. The van der Waals surface area contributed by atoms with Crippen LogP contribution in [-0.4, -0.2) is 141 Å². The van der Waals surface area contributed by atoms with Gasteiger partial charge in [0, 0.05) is 0 Å². The van der Waals surface area contributed by atoms with Gasteiger partial charge in [-0.2, -0.15) is 17.6 Å². The number of alkyl halides is 8. The van der Waals surface area contributed by atoms with Gasteiger partial charge in [-0.05, 0) is 67.2 Å². The molecule has 0 rings (SSSR count). The maximum atomic E-state index is 14.5. The molecule has 0 saturated heterocycles. The van der Waals surface area contributed by atoms with Gasteiger partial charge in [0.25, 0.3) is 0 Å². The van der Waals surface area contributed by atoms with E-state index in [1.807, 2.05) is 42.0 Å². The molecule has 0 aliphatic carbocycles. The van der Waals surface area contributed by atoms with Crippen molar-refractivity contribution in [2.24, 2.45) is 10.8 Å². The third-order valence-electron chi connectivity index (χ3n) is 8.50. The Hall–Kier alpha value is -1.74. The Labute approximate surface area is 337 Å². The number of rotatable bonds is 26. The third kappa shape index (κ3) is 18.6. The molecule has 0 bridgehead atoms. The van der Waals surface area contributed by atoms with Gasteiger partial charge >= 0.3 is 42.2 Å². The lowest BCUT2D eigenvalue weighted by molar-refractivity contribution is -0.890. The van der Waals surface area contributed by atoms with Gasteiger partial charge in [0.15, 0.2) is 6.61 Å². The average Bonchev–Trinajstić information content (AvgIpc) is 2.97. The highest BCUT2D eigenvalue weighted by atomic mass is 79.9. The number of quaternary nitrogens is 2. The predicted octanol–water partition coefficient (Wildman–Crippen LogP) is 7.04. The molecule has 2 atom stereocenters. The topological polar surface area (TPSA) is 124 Å². The molecule has 0 aliphatic heterocycles. The van der Waals surface area contributed by atoms with E-state index in [9.17, 15) is 45.5 Å².